The van der Waals surface area contributed by atoms with Crippen LogP contribution in [0.15, 0.2) is 24.3 Å². The van der Waals surface area contributed by atoms with Gasteiger partial charge in [0, 0.05) is 19.6 Å². The smallest absolute Gasteiger partial charge is 0.373 e. The Labute approximate surface area is 111 Å². The summed E-state index contributed by atoms with van der Waals surface area (Å²) < 4.78 is 44.3. The summed E-state index contributed by atoms with van der Waals surface area (Å²) in [7, 11) is 0. The van der Waals surface area contributed by atoms with Crippen LogP contribution >= 0.6 is 0 Å². The molecule has 1 aliphatic rings. The molecule has 1 aromatic rings. The van der Waals surface area contributed by atoms with Crippen molar-refractivity contribution in [3.05, 3.63) is 35.4 Å². The minimum atomic E-state index is -4.29. The fourth-order valence-electron chi connectivity index (χ4n) is 2.42. The molecule has 0 atom stereocenters. The summed E-state index contributed by atoms with van der Waals surface area (Å²) in [6.07, 6.45) is -4.29. The molecule has 0 spiro atoms. The van der Waals surface area contributed by atoms with Crippen molar-refractivity contribution < 1.29 is 17.9 Å². The summed E-state index contributed by atoms with van der Waals surface area (Å²) >= 11 is 0. The Kier molecular flexibility index (Phi) is 3.87. The minimum absolute atomic E-state index is 0.300. The van der Waals surface area contributed by atoms with Crippen molar-refractivity contribution in [3.8, 4) is 0 Å². The average molecular weight is 273 g/mol. The first-order chi connectivity index (χ1) is 8.78. The van der Waals surface area contributed by atoms with Crippen LogP contribution in [-0.4, -0.2) is 30.2 Å². The van der Waals surface area contributed by atoms with Gasteiger partial charge in [0.25, 0.3) is 0 Å². The molecule has 1 saturated heterocycles. The van der Waals surface area contributed by atoms with Crippen molar-refractivity contribution in [2.24, 2.45) is 0 Å². The fraction of sp³-hybridized carbons (Fsp3) is 0.571. The number of rotatable bonds is 2. The van der Waals surface area contributed by atoms with Crippen LogP contribution in [0.2, 0.25) is 0 Å². The number of benzene rings is 1. The van der Waals surface area contributed by atoms with Crippen LogP contribution in [0, 0.1) is 0 Å². The predicted molar refractivity (Wildman–Crippen MR) is 66.8 cm³/mol. The first kappa shape index (κ1) is 14.3. The highest BCUT2D eigenvalue weighted by Crippen LogP contribution is 2.32. The second-order valence-electron chi connectivity index (χ2n) is 5.47. The molecule has 0 aromatic heterocycles. The summed E-state index contributed by atoms with van der Waals surface area (Å²) in [6.45, 7) is 6.07. The van der Waals surface area contributed by atoms with Gasteiger partial charge in [-0.2, -0.15) is 13.2 Å². The molecule has 1 heterocycles. The Balaban J connectivity index is 2.15. The molecule has 0 N–H and O–H groups in total. The van der Waals surface area contributed by atoms with Gasteiger partial charge in [0.05, 0.1) is 17.8 Å². The van der Waals surface area contributed by atoms with Crippen molar-refractivity contribution in [1.29, 1.82) is 0 Å². The Morgan fingerprint density at radius 1 is 1.26 bits per heavy atom. The average Bonchev–Trinajstić information content (AvgIpc) is 2.26. The van der Waals surface area contributed by atoms with E-state index in [1.165, 1.54) is 6.07 Å². The van der Waals surface area contributed by atoms with E-state index < -0.39 is 11.7 Å². The molecule has 2 rings (SSSR count). The van der Waals surface area contributed by atoms with Crippen molar-refractivity contribution >= 4 is 0 Å². The molecule has 0 radical (unpaired) electrons. The zero-order valence-electron chi connectivity index (χ0n) is 11.1. The first-order valence-electron chi connectivity index (χ1n) is 6.29. The first-order valence-corrected chi connectivity index (χ1v) is 6.29. The monoisotopic (exact) mass is 273 g/mol. The van der Waals surface area contributed by atoms with Gasteiger partial charge in [-0.25, -0.2) is 0 Å². The highest BCUT2D eigenvalue weighted by molar-refractivity contribution is 5.29. The maximum atomic E-state index is 12.9. The summed E-state index contributed by atoms with van der Waals surface area (Å²) in [5.74, 6) is 0. The summed E-state index contributed by atoms with van der Waals surface area (Å²) in [4.78, 5) is 2.01. The van der Waals surface area contributed by atoms with E-state index in [1.807, 2.05) is 18.7 Å². The van der Waals surface area contributed by atoms with Crippen molar-refractivity contribution in [1.82, 2.24) is 4.90 Å². The lowest BCUT2D eigenvalue weighted by molar-refractivity contribution is -0.138. The van der Waals surface area contributed by atoms with Crippen molar-refractivity contribution in [2.75, 3.05) is 19.7 Å². The van der Waals surface area contributed by atoms with E-state index in [2.05, 4.69) is 0 Å². The van der Waals surface area contributed by atoms with E-state index >= 15 is 0 Å². The quantitative estimate of drug-likeness (QED) is 0.819. The molecule has 0 aliphatic carbocycles. The van der Waals surface area contributed by atoms with Gasteiger partial charge < -0.3 is 4.74 Å². The molecule has 5 heteroatoms. The Morgan fingerprint density at radius 3 is 2.58 bits per heavy atom. The lowest BCUT2D eigenvalue weighted by atomic mass is 10.0. The fourth-order valence-corrected chi connectivity index (χ4v) is 2.42. The van der Waals surface area contributed by atoms with Crippen LogP contribution < -0.4 is 0 Å². The van der Waals surface area contributed by atoms with Crippen LogP contribution in [-0.2, 0) is 17.5 Å². The second-order valence-corrected chi connectivity index (χ2v) is 5.47. The standard InChI is InChI=1S/C14H18F3NO/c1-13(2)10-18(7-8-19-13)9-11-5-3-4-6-12(11)14(15,16)17/h3-6H,7-10H2,1-2H3. The molecule has 2 nitrogen and oxygen atoms in total. The number of halogens is 3. The zero-order valence-corrected chi connectivity index (χ0v) is 11.1. The summed E-state index contributed by atoms with van der Waals surface area (Å²) in [5, 5.41) is 0. The molecule has 1 aliphatic heterocycles. The van der Waals surface area contributed by atoms with Gasteiger partial charge in [-0.3, -0.25) is 4.90 Å². The maximum absolute atomic E-state index is 12.9. The van der Waals surface area contributed by atoms with Gasteiger partial charge in [-0.05, 0) is 25.5 Å². The largest absolute Gasteiger partial charge is 0.416 e. The summed E-state index contributed by atoms with van der Waals surface area (Å²) in [6, 6.07) is 5.76. The van der Waals surface area contributed by atoms with Crippen molar-refractivity contribution in [3.63, 3.8) is 0 Å². The highest BCUT2D eigenvalue weighted by atomic mass is 19.4. The second kappa shape index (κ2) is 5.13. The third kappa shape index (κ3) is 3.70. The number of alkyl halides is 3. The zero-order chi connectivity index (χ0) is 14.1. The van der Waals surface area contributed by atoms with Crippen LogP contribution in [0.3, 0.4) is 0 Å². The van der Waals surface area contributed by atoms with Crippen LogP contribution in [0.1, 0.15) is 25.0 Å². The Hall–Kier alpha value is -1.07. The van der Waals surface area contributed by atoms with Gasteiger partial charge >= 0.3 is 6.18 Å². The number of ether oxygens (including phenoxy) is 1. The van der Waals surface area contributed by atoms with E-state index in [9.17, 15) is 13.2 Å². The molecular formula is C14H18F3NO. The molecule has 0 bridgehead atoms. The molecule has 19 heavy (non-hydrogen) atoms. The molecule has 106 valence electrons. The third-order valence-corrected chi connectivity index (χ3v) is 3.22. The van der Waals surface area contributed by atoms with Gasteiger partial charge in [0.1, 0.15) is 0 Å². The van der Waals surface area contributed by atoms with Crippen LogP contribution in [0.25, 0.3) is 0 Å². The molecule has 1 fully saturated rings. The normalized spacial score (nSPS) is 20.5. The van der Waals surface area contributed by atoms with E-state index in [4.69, 9.17) is 4.74 Å². The number of hydrogen-bond acceptors (Lipinski definition) is 2. The maximum Gasteiger partial charge on any atom is 0.416 e. The lowest BCUT2D eigenvalue weighted by Crippen LogP contribution is -2.47. The van der Waals surface area contributed by atoms with Gasteiger partial charge in [0.2, 0.25) is 0 Å². The van der Waals surface area contributed by atoms with E-state index in [-0.39, 0.29) is 5.60 Å². The highest BCUT2D eigenvalue weighted by Gasteiger charge is 2.34. The number of morpholine rings is 1. The van der Waals surface area contributed by atoms with Gasteiger partial charge in [-0.15, -0.1) is 0 Å². The Morgan fingerprint density at radius 2 is 1.95 bits per heavy atom. The lowest BCUT2D eigenvalue weighted by Gasteiger charge is -2.38. The third-order valence-electron chi connectivity index (χ3n) is 3.22. The minimum Gasteiger partial charge on any atom is -0.373 e. The number of nitrogens with zero attached hydrogens (tertiary/aromatic N) is 1. The van der Waals surface area contributed by atoms with Crippen LogP contribution in [0.5, 0.6) is 0 Å². The van der Waals surface area contributed by atoms with E-state index in [0.29, 0.717) is 31.8 Å². The molecule has 0 unspecified atom stereocenters. The predicted octanol–water partition coefficient (Wildman–Crippen LogP) is 3.32. The molecule has 1 aromatic carbocycles. The van der Waals surface area contributed by atoms with E-state index in [0.717, 1.165) is 6.07 Å². The molecule has 0 saturated carbocycles. The van der Waals surface area contributed by atoms with Gasteiger partial charge in [0.15, 0.2) is 0 Å². The Bertz CT molecular complexity index is 443. The molecular weight excluding hydrogens is 255 g/mol. The topological polar surface area (TPSA) is 12.5 Å². The SMILES string of the molecule is CC1(C)CN(Cc2ccccc2C(F)(F)F)CCO1. The molecule has 0 amide bonds. The van der Waals surface area contributed by atoms with E-state index in [1.54, 1.807) is 12.1 Å². The number of hydrogen-bond donors (Lipinski definition) is 0. The summed E-state index contributed by atoms with van der Waals surface area (Å²) in [5.41, 5.74) is -0.516. The van der Waals surface area contributed by atoms with Crippen molar-refractivity contribution in [2.45, 2.75) is 32.2 Å². The van der Waals surface area contributed by atoms with Gasteiger partial charge in [-0.1, -0.05) is 18.2 Å². The van der Waals surface area contributed by atoms with Crippen LogP contribution in [0.4, 0.5) is 13.2 Å².